The van der Waals surface area contributed by atoms with Crippen LogP contribution in [0.5, 0.6) is 17.2 Å². The summed E-state index contributed by atoms with van der Waals surface area (Å²) in [5.74, 6) is 1.93. The molecule has 0 bridgehead atoms. The molecular formula is C31H38N2O5. The second-order valence-electron chi connectivity index (χ2n) is 9.00. The van der Waals surface area contributed by atoms with Crippen LogP contribution in [-0.4, -0.2) is 50.1 Å². The Labute approximate surface area is 225 Å². The second-order valence-corrected chi connectivity index (χ2v) is 9.00. The number of benzene rings is 3. The fourth-order valence-electron chi connectivity index (χ4n) is 4.12. The molecule has 0 heterocycles. The normalized spacial score (nSPS) is 11.3. The van der Waals surface area contributed by atoms with Gasteiger partial charge in [0.15, 0.2) is 0 Å². The lowest BCUT2D eigenvalue weighted by Gasteiger charge is -2.31. The smallest absolute Gasteiger partial charge is 0.243 e. The number of hydrogen-bond acceptors (Lipinski definition) is 5. The molecule has 38 heavy (non-hydrogen) atoms. The van der Waals surface area contributed by atoms with Crippen LogP contribution in [0.25, 0.3) is 0 Å². The molecular weight excluding hydrogens is 480 g/mol. The minimum atomic E-state index is -0.648. The van der Waals surface area contributed by atoms with Gasteiger partial charge in [-0.2, -0.15) is 0 Å². The summed E-state index contributed by atoms with van der Waals surface area (Å²) in [4.78, 5) is 28.7. The van der Waals surface area contributed by atoms with Crippen molar-refractivity contribution in [2.45, 2.75) is 45.2 Å². The summed E-state index contributed by atoms with van der Waals surface area (Å²) in [5.41, 5.74) is 1.89. The number of methoxy groups -OCH3 is 2. The maximum absolute atomic E-state index is 13.6. The van der Waals surface area contributed by atoms with Crippen molar-refractivity contribution in [2.75, 3.05) is 27.4 Å². The summed E-state index contributed by atoms with van der Waals surface area (Å²) in [6.45, 7) is 3.25. The summed E-state index contributed by atoms with van der Waals surface area (Å²) in [5, 5.41) is 3.00. The van der Waals surface area contributed by atoms with E-state index in [4.69, 9.17) is 14.2 Å². The third kappa shape index (κ3) is 8.83. The van der Waals surface area contributed by atoms with Gasteiger partial charge in [-0.05, 0) is 60.4 Å². The number of carbonyl (C=O) groups is 2. The van der Waals surface area contributed by atoms with E-state index in [2.05, 4.69) is 5.32 Å². The predicted molar refractivity (Wildman–Crippen MR) is 149 cm³/mol. The van der Waals surface area contributed by atoms with E-state index >= 15 is 0 Å². The first-order valence-corrected chi connectivity index (χ1v) is 13.0. The maximum atomic E-state index is 13.6. The van der Waals surface area contributed by atoms with E-state index in [1.54, 1.807) is 19.1 Å². The van der Waals surface area contributed by atoms with Crippen LogP contribution in [0.15, 0.2) is 78.9 Å². The quantitative estimate of drug-likeness (QED) is 0.286. The molecule has 0 aliphatic carbocycles. The second kappa shape index (κ2) is 15.3. The van der Waals surface area contributed by atoms with Gasteiger partial charge >= 0.3 is 0 Å². The molecule has 1 N–H and O–H groups in total. The molecule has 0 aromatic heterocycles. The van der Waals surface area contributed by atoms with Gasteiger partial charge in [0.05, 0.1) is 20.8 Å². The molecule has 1 atom stereocenters. The van der Waals surface area contributed by atoms with Crippen LogP contribution in [0.3, 0.4) is 0 Å². The van der Waals surface area contributed by atoms with Gasteiger partial charge in [-0.25, -0.2) is 0 Å². The number of carbonyl (C=O) groups excluding carboxylic acids is 2. The van der Waals surface area contributed by atoms with Gasteiger partial charge in [-0.3, -0.25) is 9.59 Å². The Hall–Kier alpha value is -4.00. The zero-order valence-electron chi connectivity index (χ0n) is 22.5. The van der Waals surface area contributed by atoms with E-state index < -0.39 is 6.04 Å². The first-order chi connectivity index (χ1) is 18.5. The minimum absolute atomic E-state index is 0.0984. The Morgan fingerprint density at radius 3 is 2.21 bits per heavy atom. The van der Waals surface area contributed by atoms with Crippen LogP contribution in [-0.2, 0) is 22.6 Å². The summed E-state index contributed by atoms with van der Waals surface area (Å²) in [6, 6.07) is 24.1. The number of amides is 2. The summed E-state index contributed by atoms with van der Waals surface area (Å²) in [7, 11) is 3.23. The molecule has 0 aliphatic rings. The monoisotopic (exact) mass is 518 g/mol. The van der Waals surface area contributed by atoms with E-state index in [-0.39, 0.29) is 18.2 Å². The number of ether oxygens (including phenoxy) is 3. The Bertz CT molecular complexity index is 1130. The molecule has 2 amide bonds. The minimum Gasteiger partial charge on any atom is -0.497 e. The molecule has 202 valence electrons. The average Bonchev–Trinajstić information content (AvgIpc) is 2.96. The van der Waals surface area contributed by atoms with Crippen LogP contribution >= 0.6 is 0 Å². The largest absolute Gasteiger partial charge is 0.497 e. The SMILES string of the molecule is CCCNC(=O)C(Cc1ccccc1)N(Cc1cccc(OC)c1)C(=O)CCCOc1ccc(OC)cc1. The van der Waals surface area contributed by atoms with E-state index in [1.165, 1.54) is 0 Å². The lowest BCUT2D eigenvalue weighted by atomic mass is 10.0. The van der Waals surface area contributed by atoms with Crippen molar-refractivity contribution >= 4 is 11.8 Å². The van der Waals surface area contributed by atoms with Crippen molar-refractivity contribution in [1.82, 2.24) is 10.2 Å². The van der Waals surface area contributed by atoms with Crippen LogP contribution in [0, 0.1) is 0 Å². The van der Waals surface area contributed by atoms with E-state index in [0.29, 0.717) is 44.0 Å². The lowest BCUT2D eigenvalue weighted by Crippen LogP contribution is -2.50. The Morgan fingerprint density at radius 1 is 0.842 bits per heavy atom. The topological polar surface area (TPSA) is 77.1 Å². The van der Waals surface area contributed by atoms with Crippen LogP contribution in [0.4, 0.5) is 0 Å². The number of hydrogen-bond donors (Lipinski definition) is 1. The predicted octanol–water partition coefficient (Wildman–Crippen LogP) is 5.03. The highest BCUT2D eigenvalue weighted by Gasteiger charge is 2.30. The van der Waals surface area contributed by atoms with Crippen LogP contribution in [0.2, 0.25) is 0 Å². The Balaban J connectivity index is 1.77. The third-order valence-corrected chi connectivity index (χ3v) is 6.17. The molecule has 1 unspecified atom stereocenters. The standard InChI is InChI=1S/C31H38N2O5/c1-4-19-32-31(35)29(22-24-10-6-5-7-11-24)33(23-25-12-8-13-28(21-25)37-3)30(34)14-9-20-38-27-17-15-26(36-2)16-18-27/h5-8,10-13,15-18,21,29H,4,9,14,19-20,22-23H2,1-3H3,(H,32,35). The molecule has 0 saturated heterocycles. The van der Waals surface area contributed by atoms with Gasteiger partial charge in [0.25, 0.3) is 0 Å². The van der Waals surface area contributed by atoms with Gasteiger partial charge in [-0.15, -0.1) is 0 Å². The summed E-state index contributed by atoms with van der Waals surface area (Å²) >= 11 is 0. The van der Waals surface area contributed by atoms with Crippen LogP contribution in [0.1, 0.15) is 37.3 Å². The molecule has 0 radical (unpaired) electrons. The number of rotatable bonds is 15. The summed E-state index contributed by atoms with van der Waals surface area (Å²) in [6.07, 6.45) is 2.02. The van der Waals surface area contributed by atoms with Gasteiger partial charge in [0, 0.05) is 25.9 Å². The Kier molecular flexibility index (Phi) is 11.5. The third-order valence-electron chi connectivity index (χ3n) is 6.17. The highest BCUT2D eigenvalue weighted by Crippen LogP contribution is 2.20. The lowest BCUT2D eigenvalue weighted by molar-refractivity contribution is -0.141. The van der Waals surface area contributed by atoms with E-state index in [9.17, 15) is 9.59 Å². The first-order valence-electron chi connectivity index (χ1n) is 13.0. The molecule has 0 spiro atoms. The van der Waals surface area contributed by atoms with Crippen molar-refractivity contribution in [3.05, 3.63) is 90.0 Å². The van der Waals surface area contributed by atoms with Crippen LogP contribution < -0.4 is 19.5 Å². The zero-order chi connectivity index (χ0) is 27.2. The van der Waals surface area contributed by atoms with E-state index in [0.717, 1.165) is 23.3 Å². The molecule has 3 aromatic carbocycles. The molecule has 3 rings (SSSR count). The highest BCUT2D eigenvalue weighted by atomic mass is 16.5. The fraction of sp³-hybridized carbons (Fsp3) is 0.355. The molecule has 7 heteroatoms. The molecule has 0 fully saturated rings. The van der Waals surface area contributed by atoms with Gasteiger partial charge in [0.2, 0.25) is 11.8 Å². The Morgan fingerprint density at radius 2 is 1.53 bits per heavy atom. The van der Waals surface area contributed by atoms with Crippen molar-refractivity contribution < 1.29 is 23.8 Å². The average molecular weight is 519 g/mol. The fourth-order valence-corrected chi connectivity index (χ4v) is 4.12. The van der Waals surface area contributed by atoms with Crippen molar-refractivity contribution in [1.29, 1.82) is 0 Å². The van der Waals surface area contributed by atoms with Gasteiger partial charge in [-0.1, -0.05) is 49.4 Å². The van der Waals surface area contributed by atoms with E-state index in [1.807, 2.05) is 85.8 Å². The van der Waals surface area contributed by atoms with Crippen molar-refractivity contribution in [2.24, 2.45) is 0 Å². The van der Waals surface area contributed by atoms with Crippen molar-refractivity contribution in [3.63, 3.8) is 0 Å². The summed E-state index contributed by atoms with van der Waals surface area (Å²) < 4.78 is 16.4. The molecule has 0 saturated carbocycles. The van der Waals surface area contributed by atoms with Crippen molar-refractivity contribution in [3.8, 4) is 17.2 Å². The van der Waals surface area contributed by atoms with Gasteiger partial charge < -0.3 is 24.4 Å². The first kappa shape index (κ1) is 28.6. The number of nitrogens with zero attached hydrogens (tertiary/aromatic N) is 1. The molecule has 7 nitrogen and oxygen atoms in total. The molecule has 0 aliphatic heterocycles. The number of nitrogens with one attached hydrogen (secondary N) is 1. The zero-order valence-corrected chi connectivity index (χ0v) is 22.5. The maximum Gasteiger partial charge on any atom is 0.243 e. The molecule has 3 aromatic rings. The highest BCUT2D eigenvalue weighted by molar-refractivity contribution is 5.88. The van der Waals surface area contributed by atoms with Gasteiger partial charge in [0.1, 0.15) is 23.3 Å².